The predicted octanol–water partition coefficient (Wildman–Crippen LogP) is 0.641. The number of pyridine rings is 1. The van der Waals surface area contributed by atoms with E-state index < -0.39 is 10.0 Å². The van der Waals surface area contributed by atoms with Gasteiger partial charge in [0.25, 0.3) is 0 Å². The Morgan fingerprint density at radius 2 is 2.17 bits per heavy atom. The van der Waals surface area contributed by atoms with E-state index in [-0.39, 0.29) is 10.7 Å². The third kappa shape index (κ3) is 3.25. The number of thiazole rings is 1. The van der Waals surface area contributed by atoms with E-state index >= 15 is 0 Å². The molecule has 2 heterocycles. The van der Waals surface area contributed by atoms with E-state index in [1.165, 1.54) is 29.7 Å². The standard InChI is InChI=1S/C10H12N4O2S2/c11-9-2-1-8(7-13-9)18(15,16)14-4-3-10-12-5-6-17-10/h1-2,5-7,14H,3-4H2,(H2,11,13). The summed E-state index contributed by atoms with van der Waals surface area (Å²) in [4.78, 5) is 7.93. The van der Waals surface area contributed by atoms with Crippen LogP contribution in [0.15, 0.2) is 34.8 Å². The van der Waals surface area contributed by atoms with Gasteiger partial charge in [-0.1, -0.05) is 0 Å². The Labute approximate surface area is 109 Å². The molecular weight excluding hydrogens is 272 g/mol. The molecule has 0 atom stereocenters. The lowest BCUT2D eigenvalue weighted by atomic mass is 10.5. The topological polar surface area (TPSA) is 98.0 Å². The van der Waals surface area contributed by atoms with E-state index in [2.05, 4.69) is 14.7 Å². The number of hydrogen-bond donors (Lipinski definition) is 2. The van der Waals surface area contributed by atoms with Gasteiger partial charge in [-0.2, -0.15) is 0 Å². The van der Waals surface area contributed by atoms with Crippen LogP contribution in [0.2, 0.25) is 0 Å². The average Bonchev–Trinajstić information content (AvgIpc) is 2.82. The van der Waals surface area contributed by atoms with E-state index in [0.717, 1.165) is 5.01 Å². The highest BCUT2D eigenvalue weighted by Gasteiger charge is 2.13. The van der Waals surface area contributed by atoms with Gasteiger partial charge in [0.05, 0.1) is 5.01 Å². The van der Waals surface area contributed by atoms with Crippen molar-refractivity contribution in [2.45, 2.75) is 11.3 Å². The number of nitrogen functional groups attached to an aromatic ring is 1. The molecule has 2 rings (SSSR count). The van der Waals surface area contributed by atoms with Gasteiger partial charge in [0.1, 0.15) is 10.7 Å². The summed E-state index contributed by atoms with van der Waals surface area (Å²) in [6.07, 6.45) is 3.50. The molecule has 0 saturated heterocycles. The van der Waals surface area contributed by atoms with Crippen molar-refractivity contribution in [1.29, 1.82) is 0 Å². The van der Waals surface area contributed by atoms with Crippen molar-refractivity contribution in [3.63, 3.8) is 0 Å². The molecule has 2 aromatic rings. The number of rotatable bonds is 5. The second kappa shape index (κ2) is 5.42. The van der Waals surface area contributed by atoms with Crippen molar-refractivity contribution >= 4 is 27.2 Å². The number of nitrogens with two attached hydrogens (primary N) is 1. The highest BCUT2D eigenvalue weighted by Crippen LogP contribution is 2.09. The molecule has 8 heteroatoms. The van der Waals surface area contributed by atoms with E-state index in [1.807, 2.05) is 5.38 Å². The van der Waals surface area contributed by atoms with Crippen LogP contribution in [-0.4, -0.2) is 24.9 Å². The highest BCUT2D eigenvalue weighted by molar-refractivity contribution is 7.89. The van der Waals surface area contributed by atoms with Crippen molar-refractivity contribution < 1.29 is 8.42 Å². The Morgan fingerprint density at radius 1 is 1.33 bits per heavy atom. The molecule has 2 aromatic heterocycles. The minimum absolute atomic E-state index is 0.107. The van der Waals surface area contributed by atoms with E-state index in [1.54, 1.807) is 6.20 Å². The smallest absolute Gasteiger partial charge is 0.242 e. The molecule has 0 aliphatic carbocycles. The Hall–Kier alpha value is -1.51. The van der Waals surface area contributed by atoms with Crippen molar-refractivity contribution in [2.24, 2.45) is 0 Å². The summed E-state index contributed by atoms with van der Waals surface area (Å²) in [6, 6.07) is 2.88. The summed E-state index contributed by atoms with van der Waals surface area (Å²) < 4.78 is 26.2. The van der Waals surface area contributed by atoms with Crippen molar-refractivity contribution in [3.8, 4) is 0 Å². The third-order valence-electron chi connectivity index (χ3n) is 2.18. The van der Waals surface area contributed by atoms with Crippen LogP contribution in [0.4, 0.5) is 5.82 Å². The lowest BCUT2D eigenvalue weighted by Gasteiger charge is -2.05. The maximum Gasteiger partial charge on any atom is 0.242 e. The minimum atomic E-state index is -3.52. The molecule has 18 heavy (non-hydrogen) atoms. The fourth-order valence-corrected chi connectivity index (χ4v) is 2.90. The highest BCUT2D eigenvalue weighted by atomic mass is 32.2. The molecule has 0 aromatic carbocycles. The van der Waals surface area contributed by atoms with Crippen molar-refractivity contribution in [3.05, 3.63) is 34.9 Å². The summed E-state index contributed by atoms with van der Waals surface area (Å²) >= 11 is 1.50. The number of aromatic nitrogens is 2. The van der Waals surface area contributed by atoms with Gasteiger partial charge >= 0.3 is 0 Å². The summed E-state index contributed by atoms with van der Waals surface area (Å²) in [5.41, 5.74) is 5.40. The van der Waals surface area contributed by atoms with E-state index in [9.17, 15) is 8.42 Å². The second-order valence-corrected chi connectivity index (χ2v) is 6.24. The van der Waals surface area contributed by atoms with E-state index in [0.29, 0.717) is 13.0 Å². The van der Waals surface area contributed by atoms with Gasteiger partial charge in [0.15, 0.2) is 0 Å². The number of nitrogens with one attached hydrogen (secondary N) is 1. The zero-order chi connectivity index (χ0) is 13.0. The number of sulfonamides is 1. The van der Waals surface area contributed by atoms with Gasteiger partial charge in [0.2, 0.25) is 10.0 Å². The molecule has 0 radical (unpaired) electrons. The second-order valence-electron chi connectivity index (χ2n) is 3.49. The van der Waals surface area contributed by atoms with E-state index in [4.69, 9.17) is 5.73 Å². The quantitative estimate of drug-likeness (QED) is 0.839. The SMILES string of the molecule is Nc1ccc(S(=O)(=O)NCCc2nccs2)cn1. The molecule has 0 bridgehead atoms. The van der Waals surface area contributed by atoms with Crippen LogP contribution in [0.25, 0.3) is 0 Å². The maximum absolute atomic E-state index is 11.9. The van der Waals surface area contributed by atoms with Gasteiger partial charge < -0.3 is 5.73 Å². The first-order valence-corrected chi connectivity index (χ1v) is 7.54. The van der Waals surface area contributed by atoms with Gasteiger partial charge in [-0.25, -0.2) is 23.1 Å². The van der Waals surface area contributed by atoms with Crippen LogP contribution >= 0.6 is 11.3 Å². The van der Waals surface area contributed by atoms with Crippen LogP contribution in [0.5, 0.6) is 0 Å². The Balaban J connectivity index is 1.97. The predicted molar refractivity (Wildman–Crippen MR) is 69.7 cm³/mol. The fraction of sp³-hybridized carbons (Fsp3) is 0.200. The Morgan fingerprint density at radius 3 is 2.78 bits per heavy atom. The molecule has 0 aliphatic heterocycles. The molecule has 0 unspecified atom stereocenters. The Kier molecular flexibility index (Phi) is 3.90. The van der Waals surface area contributed by atoms with Crippen LogP contribution in [0.3, 0.4) is 0 Å². The fourth-order valence-electron chi connectivity index (χ4n) is 1.30. The van der Waals surface area contributed by atoms with Crippen molar-refractivity contribution in [2.75, 3.05) is 12.3 Å². The first kappa shape index (κ1) is 12.9. The number of anilines is 1. The van der Waals surface area contributed by atoms with Crippen LogP contribution < -0.4 is 10.5 Å². The molecule has 6 nitrogen and oxygen atoms in total. The average molecular weight is 284 g/mol. The monoisotopic (exact) mass is 284 g/mol. The first-order chi connectivity index (χ1) is 8.58. The number of hydrogen-bond acceptors (Lipinski definition) is 6. The van der Waals surface area contributed by atoms with Gasteiger partial charge in [0, 0.05) is 30.7 Å². The largest absolute Gasteiger partial charge is 0.384 e. The lowest BCUT2D eigenvalue weighted by molar-refractivity contribution is 0.581. The van der Waals surface area contributed by atoms with Crippen LogP contribution in [0.1, 0.15) is 5.01 Å². The molecule has 0 fully saturated rings. The molecule has 3 N–H and O–H groups in total. The normalized spacial score (nSPS) is 11.6. The minimum Gasteiger partial charge on any atom is -0.384 e. The zero-order valence-corrected chi connectivity index (χ0v) is 11.0. The molecule has 96 valence electrons. The van der Waals surface area contributed by atoms with Gasteiger partial charge in [-0.05, 0) is 12.1 Å². The lowest BCUT2D eigenvalue weighted by Crippen LogP contribution is -2.26. The molecule has 0 amide bonds. The molecule has 0 saturated carbocycles. The van der Waals surface area contributed by atoms with Crippen molar-refractivity contribution in [1.82, 2.24) is 14.7 Å². The summed E-state index contributed by atoms with van der Waals surface area (Å²) in [5.74, 6) is 0.289. The zero-order valence-electron chi connectivity index (χ0n) is 9.41. The summed E-state index contributed by atoms with van der Waals surface area (Å²) in [7, 11) is -3.52. The number of nitrogens with zero attached hydrogens (tertiary/aromatic N) is 2. The summed E-state index contributed by atoms with van der Waals surface area (Å²) in [5, 5.41) is 2.75. The van der Waals surface area contributed by atoms with Crippen LogP contribution in [0, 0.1) is 0 Å². The first-order valence-electron chi connectivity index (χ1n) is 5.17. The third-order valence-corrected chi connectivity index (χ3v) is 4.47. The Bertz CT molecular complexity index is 593. The van der Waals surface area contributed by atoms with Gasteiger partial charge in [-0.3, -0.25) is 0 Å². The van der Waals surface area contributed by atoms with Crippen LogP contribution in [-0.2, 0) is 16.4 Å². The summed E-state index contributed by atoms with van der Waals surface area (Å²) in [6.45, 7) is 0.306. The maximum atomic E-state index is 11.9. The molecule has 0 aliphatic rings. The molecule has 0 spiro atoms. The molecular formula is C10H12N4O2S2. The van der Waals surface area contributed by atoms with Gasteiger partial charge in [-0.15, -0.1) is 11.3 Å².